The maximum Gasteiger partial charge on any atom is 0.416 e. The molecule has 1 fully saturated rings. The summed E-state index contributed by atoms with van der Waals surface area (Å²) < 4.78 is 38.8. The molecule has 1 saturated heterocycles. The van der Waals surface area contributed by atoms with Crippen LogP contribution in [0.3, 0.4) is 0 Å². The molecule has 30 heavy (non-hydrogen) atoms. The highest BCUT2D eigenvalue weighted by Crippen LogP contribution is 2.31. The maximum absolute atomic E-state index is 12.9. The highest BCUT2D eigenvalue weighted by molar-refractivity contribution is 7.14. The lowest BCUT2D eigenvalue weighted by atomic mass is 10.1. The van der Waals surface area contributed by atoms with Crippen LogP contribution in [0.15, 0.2) is 53.9 Å². The molecule has 0 radical (unpaired) electrons. The Morgan fingerprint density at radius 1 is 1.03 bits per heavy atom. The average molecular weight is 431 g/mol. The third-order valence-electron chi connectivity index (χ3n) is 5.11. The lowest BCUT2D eigenvalue weighted by Crippen LogP contribution is -2.48. The zero-order valence-electron chi connectivity index (χ0n) is 16.3. The van der Waals surface area contributed by atoms with E-state index in [1.165, 1.54) is 17.7 Å². The van der Waals surface area contributed by atoms with Gasteiger partial charge in [-0.05, 0) is 25.1 Å². The van der Waals surface area contributed by atoms with Gasteiger partial charge in [-0.15, -0.1) is 11.3 Å². The van der Waals surface area contributed by atoms with E-state index in [-0.39, 0.29) is 11.5 Å². The van der Waals surface area contributed by atoms with E-state index >= 15 is 0 Å². The number of hydrogen-bond acceptors (Lipinski definition) is 4. The summed E-state index contributed by atoms with van der Waals surface area (Å²) in [7, 11) is 0. The van der Waals surface area contributed by atoms with Crippen LogP contribution in [-0.4, -0.2) is 42.0 Å². The topological polar surface area (TPSA) is 36.4 Å². The van der Waals surface area contributed by atoms with Crippen molar-refractivity contribution in [2.45, 2.75) is 13.1 Å². The molecule has 1 aliphatic heterocycles. The summed E-state index contributed by atoms with van der Waals surface area (Å²) in [6, 6.07) is 12.8. The van der Waals surface area contributed by atoms with Crippen molar-refractivity contribution in [1.82, 2.24) is 9.88 Å². The van der Waals surface area contributed by atoms with Crippen molar-refractivity contribution in [2.24, 2.45) is 0 Å². The van der Waals surface area contributed by atoms with Crippen molar-refractivity contribution in [3.05, 3.63) is 70.6 Å². The fourth-order valence-electron chi connectivity index (χ4n) is 3.38. The van der Waals surface area contributed by atoms with Gasteiger partial charge in [0, 0.05) is 42.7 Å². The monoisotopic (exact) mass is 431 g/mol. The van der Waals surface area contributed by atoms with Gasteiger partial charge in [0.25, 0.3) is 5.91 Å². The van der Waals surface area contributed by atoms with Crippen molar-refractivity contribution in [1.29, 1.82) is 0 Å². The van der Waals surface area contributed by atoms with E-state index in [2.05, 4.69) is 4.90 Å². The van der Waals surface area contributed by atoms with E-state index in [1.807, 2.05) is 36.6 Å². The summed E-state index contributed by atoms with van der Waals surface area (Å²) in [4.78, 5) is 21.1. The Hall–Kier alpha value is -2.87. The molecule has 8 heteroatoms. The Morgan fingerprint density at radius 3 is 2.40 bits per heavy atom. The number of aryl methyl sites for hydroxylation is 1. The second-order valence-corrected chi connectivity index (χ2v) is 8.08. The second-order valence-electron chi connectivity index (χ2n) is 7.24. The lowest BCUT2D eigenvalue weighted by Gasteiger charge is -2.34. The Labute approximate surface area is 176 Å². The molecule has 4 nitrogen and oxygen atoms in total. The molecule has 4 rings (SSSR count). The molecular weight excluding hydrogens is 411 g/mol. The van der Waals surface area contributed by atoms with E-state index in [1.54, 1.807) is 16.2 Å². The van der Waals surface area contributed by atoms with E-state index < -0.39 is 11.7 Å². The molecular formula is C22H20F3N3OS. The normalized spacial score (nSPS) is 14.8. The summed E-state index contributed by atoms with van der Waals surface area (Å²) >= 11 is 1.55. The van der Waals surface area contributed by atoms with E-state index in [0.29, 0.717) is 26.2 Å². The first-order valence-corrected chi connectivity index (χ1v) is 10.4. The van der Waals surface area contributed by atoms with E-state index in [0.717, 1.165) is 28.5 Å². The standard InChI is InChI=1S/C22H20F3N3OS/c1-15-5-7-16(8-6-15)19-14-30-21(26-19)28-11-9-27(10-12-28)20(29)17-3-2-4-18(13-17)22(23,24)25/h2-8,13-14H,9-12H2,1H3. The van der Waals surface area contributed by atoms with Crippen LogP contribution in [0.1, 0.15) is 21.5 Å². The number of hydrogen-bond donors (Lipinski definition) is 0. The summed E-state index contributed by atoms with van der Waals surface area (Å²) in [6.07, 6.45) is -4.46. The first-order chi connectivity index (χ1) is 14.3. The zero-order chi connectivity index (χ0) is 21.3. The van der Waals surface area contributed by atoms with Crippen LogP contribution in [0.5, 0.6) is 0 Å². The van der Waals surface area contributed by atoms with Crippen LogP contribution in [0.25, 0.3) is 11.3 Å². The summed E-state index contributed by atoms with van der Waals surface area (Å²) in [5.74, 6) is -0.375. The van der Waals surface area contributed by atoms with Gasteiger partial charge in [-0.25, -0.2) is 4.98 Å². The van der Waals surface area contributed by atoms with Gasteiger partial charge in [0.2, 0.25) is 0 Å². The van der Waals surface area contributed by atoms with Crippen LogP contribution in [0, 0.1) is 6.92 Å². The predicted octanol–water partition coefficient (Wildman–Crippen LogP) is 5.10. The van der Waals surface area contributed by atoms with Gasteiger partial charge >= 0.3 is 6.18 Å². The summed E-state index contributed by atoms with van der Waals surface area (Å²) in [6.45, 7) is 4.09. The number of nitrogens with zero attached hydrogens (tertiary/aromatic N) is 3. The number of rotatable bonds is 3. The first-order valence-electron chi connectivity index (χ1n) is 9.55. The molecule has 0 atom stereocenters. The number of anilines is 1. The summed E-state index contributed by atoms with van der Waals surface area (Å²) in [5, 5.41) is 2.90. The average Bonchev–Trinajstić information content (AvgIpc) is 3.24. The van der Waals surface area contributed by atoms with Crippen LogP contribution in [-0.2, 0) is 6.18 Å². The minimum absolute atomic E-state index is 0.0641. The molecule has 156 valence electrons. The van der Waals surface area contributed by atoms with Crippen LogP contribution < -0.4 is 4.90 Å². The molecule has 1 aromatic heterocycles. The highest BCUT2D eigenvalue weighted by atomic mass is 32.1. The van der Waals surface area contributed by atoms with Gasteiger partial charge in [0.1, 0.15) is 0 Å². The molecule has 1 amide bonds. The number of piperazine rings is 1. The number of halogens is 3. The zero-order valence-corrected chi connectivity index (χ0v) is 17.1. The number of carbonyl (C=O) groups is 1. The molecule has 0 unspecified atom stereocenters. The minimum atomic E-state index is -4.46. The van der Waals surface area contributed by atoms with Gasteiger partial charge in [0.05, 0.1) is 11.3 Å². The smallest absolute Gasteiger partial charge is 0.345 e. The number of carbonyl (C=O) groups excluding carboxylic acids is 1. The van der Waals surface area contributed by atoms with Gasteiger partial charge < -0.3 is 9.80 Å². The molecule has 0 saturated carbocycles. The number of amides is 1. The molecule has 2 aromatic carbocycles. The molecule has 0 aliphatic carbocycles. The van der Waals surface area contributed by atoms with Crippen LogP contribution >= 0.6 is 11.3 Å². The van der Waals surface area contributed by atoms with E-state index in [9.17, 15) is 18.0 Å². The maximum atomic E-state index is 12.9. The van der Waals surface area contributed by atoms with Crippen LogP contribution in [0.4, 0.5) is 18.3 Å². The Balaban J connectivity index is 1.41. The SMILES string of the molecule is Cc1ccc(-c2csc(N3CCN(C(=O)c4cccc(C(F)(F)F)c4)CC3)n2)cc1. The van der Waals surface area contributed by atoms with Gasteiger partial charge in [-0.1, -0.05) is 35.9 Å². The van der Waals surface area contributed by atoms with Crippen molar-refractivity contribution in [3.63, 3.8) is 0 Å². The first kappa shape index (κ1) is 20.4. The fourth-order valence-corrected chi connectivity index (χ4v) is 4.27. The van der Waals surface area contributed by atoms with Crippen molar-refractivity contribution >= 4 is 22.4 Å². The molecule has 0 bridgehead atoms. The van der Waals surface area contributed by atoms with Gasteiger partial charge in [-0.2, -0.15) is 13.2 Å². The highest BCUT2D eigenvalue weighted by Gasteiger charge is 2.32. The Kier molecular flexibility index (Phi) is 5.51. The molecule has 0 N–H and O–H groups in total. The fraction of sp³-hybridized carbons (Fsp3) is 0.273. The predicted molar refractivity (Wildman–Crippen MR) is 112 cm³/mol. The third-order valence-corrected chi connectivity index (χ3v) is 6.02. The third kappa shape index (κ3) is 4.33. The van der Waals surface area contributed by atoms with E-state index in [4.69, 9.17) is 4.98 Å². The Morgan fingerprint density at radius 2 is 1.73 bits per heavy atom. The minimum Gasteiger partial charge on any atom is -0.345 e. The molecule has 1 aliphatic rings. The quantitative estimate of drug-likeness (QED) is 0.579. The number of alkyl halides is 3. The molecule has 2 heterocycles. The van der Waals surface area contributed by atoms with Crippen LogP contribution in [0.2, 0.25) is 0 Å². The van der Waals surface area contributed by atoms with Crippen molar-refractivity contribution < 1.29 is 18.0 Å². The van der Waals surface area contributed by atoms with Gasteiger partial charge in [-0.3, -0.25) is 4.79 Å². The largest absolute Gasteiger partial charge is 0.416 e. The lowest BCUT2D eigenvalue weighted by molar-refractivity contribution is -0.137. The molecule has 3 aromatic rings. The second kappa shape index (κ2) is 8.10. The number of thiazole rings is 1. The van der Waals surface area contributed by atoms with Gasteiger partial charge in [0.15, 0.2) is 5.13 Å². The number of benzene rings is 2. The Bertz CT molecular complexity index is 1040. The number of aromatic nitrogens is 1. The van der Waals surface area contributed by atoms with Crippen molar-refractivity contribution in [3.8, 4) is 11.3 Å². The van der Waals surface area contributed by atoms with Crippen molar-refractivity contribution in [2.75, 3.05) is 31.1 Å². The summed E-state index contributed by atoms with van der Waals surface area (Å²) in [5.41, 5.74) is 2.42. The molecule has 0 spiro atoms.